The molecule has 0 aromatic heterocycles. The van der Waals surface area contributed by atoms with E-state index in [1.807, 2.05) is 0 Å². The Kier molecular flexibility index (Phi) is 13.5. The molecule has 0 rings (SSSR count). The molecule has 0 aromatic rings. The Balaban J connectivity index is 0. The molecule has 0 aliphatic carbocycles. The summed E-state index contributed by atoms with van der Waals surface area (Å²) in [4.78, 5) is 20.8. The number of aliphatic hydroxyl groups is 1. The van der Waals surface area contributed by atoms with E-state index in [4.69, 9.17) is 5.11 Å². The highest BCUT2D eigenvalue weighted by molar-refractivity contribution is 5.81. The van der Waals surface area contributed by atoms with Crippen LogP contribution in [-0.4, -0.2) is 36.4 Å². The molecule has 0 heterocycles. The molecule has 0 fully saturated rings. The Labute approximate surface area is 102 Å². The van der Waals surface area contributed by atoms with E-state index in [-0.39, 0.29) is 18.4 Å². The van der Waals surface area contributed by atoms with E-state index >= 15 is 0 Å². The van der Waals surface area contributed by atoms with Gasteiger partial charge >= 0.3 is 11.9 Å². The summed E-state index contributed by atoms with van der Waals surface area (Å²) < 4.78 is 9.11. The Hall–Kier alpha value is -1.36. The Morgan fingerprint density at radius 3 is 2.12 bits per heavy atom. The van der Waals surface area contributed by atoms with Crippen molar-refractivity contribution in [1.82, 2.24) is 0 Å². The summed E-state index contributed by atoms with van der Waals surface area (Å²) >= 11 is 0. The van der Waals surface area contributed by atoms with Gasteiger partial charge in [0.1, 0.15) is 0 Å². The fourth-order valence-corrected chi connectivity index (χ4v) is 0.788. The van der Waals surface area contributed by atoms with Crippen molar-refractivity contribution in [2.24, 2.45) is 0 Å². The van der Waals surface area contributed by atoms with E-state index < -0.39 is 6.10 Å². The van der Waals surface area contributed by atoms with E-state index in [0.717, 1.165) is 0 Å². The van der Waals surface area contributed by atoms with Crippen LogP contribution in [0.25, 0.3) is 0 Å². The number of carbonyl (C=O) groups is 2. The van der Waals surface area contributed by atoms with E-state index in [9.17, 15) is 9.59 Å². The number of ether oxygens (including phenoxy) is 2. The number of carbonyl (C=O) groups excluding carboxylic acids is 2. The SMILES string of the molecule is C/C=C/C(=O)OCC.CCOC(=O)CC(C)O. The lowest BCUT2D eigenvalue weighted by atomic mass is 10.3. The van der Waals surface area contributed by atoms with Crippen molar-refractivity contribution in [2.75, 3.05) is 13.2 Å². The van der Waals surface area contributed by atoms with Crippen LogP contribution in [0.1, 0.15) is 34.1 Å². The largest absolute Gasteiger partial charge is 0.466 e. The van der Waals surface area contributed by atoms with Crippen LogP contribution in [0.4, 0.5) is 0 Å². The highest BCUT2D eigenvalue weighted by atomic mass is 16.5. The van der Waals surface area contributed by atoms with Gasteiger partial charge in [-0.2, -0.15) is 0 Å². The van der Waals surface area contributed by atoms with Crippen molar-refractivity contribution in [3.63, 3.8) is 0 Å². The van der Waals surface area contributed by atoms with Gasteiger partial charge in [-0.05, 0) is 27.7 Å². The monoisotopic (exact) mass is 246 g/mol. The minimum atomic E-state index is -0.593. The molecule has 0 spiro atoms. The summed E-state index contributed by atoms with van der Waals surface area (Å²) in [7, 11) is 0. The average molecular weight is 246 g/mol. The molecule has 0 aliphatic heterocycles. The normalized spacial score (nSPS) is 11.4. The molecule has 17 heavy (non-hydrogen) atoms. The first-order valence-electron chi connectivity index (χ1n) is 5.60. The number of esters is 2. The second-order valence-corrected chi connectivity index (χ2v) is 3.11. The van der Waals surface area contributed by atoms with Crippen LogP contribution >= 0.6 is 0 Å². The van der Waals surface area contributed by atoms with Gasteiger partial charge in [-0.15, -0.1) is 0 Å². The average Bonchev–Trinajstić information content (AvgIpc) is 2.18. The van der Waals surface area contributed by atoms with Gasteiger partial charge in [-0.25, -0.2) is 4.79 Å². The summed E-state index contributed by atoms with van der Waals surface area (Å²) in [5.41, 5.74) is 0. The van der Waals surface area contributed by atoms with Crippen molar-refractivity contribution < 1.29 is 24.2 Å². The summed E-state index contributed by atoms with van der Waals surface area (Å²) in [5.74, 6) is -0.609. The predicted molar refractivity (Wildman–Crippen MR) is 64.4 cm³/mol. The molecule has 0 aliphatic rings. The second-order valence-electron chi connectivity index (χ2n) is 3.11. The van der Waals surface area contributed by atoms with Gasteiger partial charge in [-0.1, -0.05) is 6.08 Å². The minimum absolute atomic E-state index is 0.0911. The van der Waals surface area contributed by atoms with E-state index in [2.05, 4.69) is 9.47 Å². The Morgan fingerprint density at radius 2 is 1.76 bits per heavy atom. The third kappa shape index (κ3) is 17.3. The third-order valence-corrected chi connectivity index (χ3v) is 1.36. The Morgan fingerprint density at radius 1 is 1.24 bits per heavy atom. The number of rotatable bonds is 5. The van der Waals surface area contributed by atoms with Gasteiger partial charge in [0, 0.05) is 6.08 Å². The maximum Gasteiger partial charge on any atom is 0.330 e. The number of aliphatic hydroxyl groups excluding tert-OH is 1. The third-order valence-electron chi connectivity index (χ3n) is 1.36. The molecule has 0 amide bonds. The highest BCUT2D eigenvalue weighted by Crippen LogP contribution is 1.91. The molecule has 0 bridgehead atoms. The van der Waals surface area contributed by atoms with Crippen molar-refractivity contribution in [3.8, 4) is 0 Å². The number of hydrogen-bond donors (Lipinski definition) is 1. The highest BCUT2D eigenvalue weighted by Gasteiger charge is 2.04. The van der Waals surface area contributed by atoms with Crippen LogP contribution in [0, 0.1) is 0 Å². The zero-order valence-corrected chi connectivity index (χ0v) is 10.9. The van der Waals surface area contributed by atoms with Crippen molar-refractivity contribution in [2.45, 2.75) is 40.2 Å². The minimum Gasteiger partial charge on any atom is -0.466 e. The number of hydrogen-bond acceptors (Lipinski definition) is 5. The zero-order chi connectivity index (χ0) is 13.7. The molecular weight excluding hydrogens is 224 g/mol. The van der Waals surface area contributed by atoms with E-state index in [1.54, 1.807) is 33.8 Å². The van der Waals surface area contributed by atoms with Crippen LogP contribution in [0.3, 0.4) is 0 Å². The summed E-state index contributed by atoms with van der Waals surface area (Å²) in [6, 6.07) is 0. The lowest BCUT2D eigenvalue weighted by Crippen LogP contribution is -2.11. The molecule has 1 N–H and O–H groups in total. The molecule has 0 saturated heterocycles. The van der Waals surface area contributed by atoms with Gasteiger partial charge < -0.3 is 14.6 Å². The topological polar surface area (TPSA) is 72.8 Å². The van der Waals surface area contributed by atoms with Crippen molar-refractivity contribution in [3.05, 3.63) is 12.2 Å². The lowest BCUT2D eigenvalue weighted by Gasteiger charge is -2.01. The molecule has 0 aromatic carbocycles. The van der Waals surface area contributed by atoms with Crippen LogP contribution < -0.4 is 0 Å². The first-order chi connectivity index (χ1) is 7.97. The van der Waals surface area contributed by atoms with Crippen LogP contribution in [0.5, 0.6) is 0 Å². The summed E-state index contributed by atoms with van der Waals surface area (Å²) in [5, 5.41) is 8.65. The van der Waals surface area contributed by atoms with Crippen LogP contribution in [0.15, 0.2) is 12.2 Å². The Bertz CT molecular complexity index is 233. The van der Waals surface area contributed by atoms with E-state index in [1.165, 1.54) is 6.08 Å². The zero-order valence-electron chi connectivity index (χ0n) is 10.9. The van der Waals surface area contributed by atoms with Crippen molar-refractivity contribution >= 4 is 11.9 Å². The van der Waals surface area contributed by atoms with E-state index in [0.29, 0.717) is 13.2 Å². The smallest absolute Gasteiger partial charge is 0.330 e. The molecule has 5 nitrogen and oxygen atoms in total. The number of allylic oxidation sites excluding steroid dienone is 1. The molecule has 0 radical (unpaired) electrons. The van der Waals surface area contributed by atoms with Crippen LogP contribution in [-0.2, 0) is 19.1 Å². The maximum atomic E-state index is 10.5. The molecule has 0 saturated carbocycles. The van der Waals surface area contributed by atoms with Gasteiger partial charge in [0.2, 0.25) is 0 Å². The first kappa shape index (κ1) is 18.0. The van der Waals surface area contributed by atoms with Crippen LogP contribution in [0.2, 0.25) is 0 Å². The van der Waals surface area contributed by atoms with Gasteiger partial charge in [-0.3, -0.25) is 4.79 Å². The standard InChI is InChI=1S/C6H12O3.C6H10O2/c1-3-9-6(8)4-5(2)7;1-3-5-6(7)8-4-2/h5,7H,3-4H2,1-2H3;3,5H,4H2,1-2H3/b;5-3+. The quantitative estimate of drug-likeness (QED) is 0.587. The molecule has 5 heteroatoms. The maximum absolute atomic E-state index is 10.5. The summed E-state index contributed by atoms with van der Waals surface area (Å²) in [6.07, 6.45) is 2.54. The summed E-state index contributed by atoms with van der Waals surface area (Å²) in [6.45, 7) is 7.67. The van der Waals surface area contributed by atoms with Crippen molar-refractivity contribution in [1.29, 1.82) is 0 Å². The molecule has 1 atom stereocenters. The fourth-order valence-electron chi connectivity index (χ4n) is 0.788. The first-order valence-corrected chi connectivity index (χ1v) is 5.60. The van der Waals surface area contributed by atoms with Gasteiger partial charge in [0.25, 0.3) is 0 Å². The predicted octanol–water partition coefficient (Wildman–Crippen LogP) is 1.45. The lowest BCUT2D eigenvalue weighted by molar-refractivity contribution is -0.145. The molecular formula is C12H22O5. The molecule has 1 unspecified atom stereocenters. The van der Waals surface area contributed by atoms with Gasteiger partial charge in [0.05, 0.1) is 25.7 Å². The fraction of sp³-hybridized carbons (Fsp3) is 0.667. The second kappa shape index (κ2) is 12.7. The van der Waals surface area contributed by atoms with Gasteiger partial charge in [0.15, 0.2) is 0 Å². The molecule has 100 valence electrons.